The summed E-state index contributed by atoms with van der Waals surface area (Å²) in [7, 11) is -5.16. The second-order valence-electron chi connectivity index (χ2n) is 5.65. The molecule has 0 aromatic heterocycles. The van der Waals surface area contributed by atoms with E-state index >= 15 is 0 Å². The summed E-state index contributed by atoms with van der Waals surface area (Å²) in [6.07, 6.45) is 0. The molecule has 14 heavy (non-hydrogen) atoms. The van der Waals surface area contributed by atoms with Gasteiger partial charge in [0.25, 0.3) is 0 Å². The van der Waals surface area contributed by atoms with Crippen molar-refractivity contribution in [3.63, 3.8) is 0 Å². The molecule has 0 spiro atoms. The van der Waals surface area contributed by atoms with E-state index < -0.39 is 25.2 Å². The zero-order valence-corrected chi connectivity index (χ0v) is 13.6. The molecule has 0 saturated carbocycles. The van der Waals surface area contributed by atoms with Gasteiger partial charge in [-0.3, -0.25) is 0 Å². The third-order valence-electron chi connectivity index (χ3n) is 1.39. The Hall–Kier alpha value is 0.311. The molecule has 0 fully saturated rings. The van der Waals surface area contributed by atoms with Crippen molar-refractivity contribution in [2.45, 2.75) is 45.8 Å². The first-order valence-electron chi connectivity index (χ1n) is 5.01. The van der Waals surface area contributed by atoms with Gasteiger partial charge in [-0.25, -0.2) is 0 Å². The van der Waals surface area contributed by atoms with Crippen LogP contribution in [-0.4, -0.2) is 25.2 Å². The van der Waals surface area contributed by atoms with Gasteiger partial charge < -0.3 is 8.23 Å². The van der Waals surface area contributed by atoms with Crippen LogP contribution in [0.15, 0.2) is 12.3 Å². The van der Waals surface area contributed by atoms with E-state index in [1.54, 1.807) is 0 Å². The van der Waals surface area contributed by atoms with Crippen LogP contribution in [0.2, 0.25) is 45.8 Å². The summed E-state index contributed by atoms with van der Waals surface area (Å²) in [5.74, 6) is 0. The van der Waals surface area contributed by atoms with E-state index in [9.17, 15) is 0 Å². The van der Waals surface area contributed by atoms with Gasteiger partial charge in [0.1, 0.15) is 0 Å². The van der Waals surface area contributed by atoms with Gasteiger partial charge in [0.05, 0.1) is 0 Å². The second-order valence-corrected chi connectivity index (χ2v) is 18.2. The highest BCUT2D eigenvalue weighted by atomic mass is 28.5. The topological polar surface area (TPSA) is 18.5 Å². The summed E-state index contributed by atoms with van der Waals surface area (Å²) in [5.41, 5.74) is 1.91. The van der Waals surface area contributed by atoms with Gasteiger partial charge in [-0.1, -0.05) is 5.70 Å². The van der Waals surface area contributed by atoms with Gasteiger partial charge in [0, 0.05) is 0 Å². The van der Waals surface area contributed by atoms with Crippen molar-refractivity contribution in [3.05, 3.63) is 12.3 Å². The van der Waals surface area contributed by atoms with Crippen LogP contribution in [0.3, 0.4) is 0 Å². The lowest BCUT2D eigenvalue weighted by molar-refractivity contribution is 0.403. The van der Waals surface area contributed by atoms with Crippen LogP contribution in [0.4, 0.5) is 0 Å². The molecule has 0 aliphatic rings. The summed E-state index contributed by atoms with van der Waals surface area (Å²) < 4.78 is 12.2. The van der Waals surface area contributed by atoms with E-state index in [1.807, 2.05) is 5.70 Å². The Morgan fingerprint density at radius 1 is 0.786 bits per heavy atom. The fraction of sp³-hybridized carbons (Fsp3) is 0.778. The van der Waals surface area contributed by atoms with Gasteiger partial charge in [0.2, 0.25) is 0 Å². The minimum atomic E-state index is -2.11. The first-order valence-corrected chi connectivity index (χ1v) is 14.2. The van der Waals surface area contributed by atoms with E-state index in [1.165, 1.54) is 0 Å². The second kappa shape index (κ2) is 4.44. The van der Waals surface area contributed by atoms with E-state index in [0.717, 1.165) is 0 Å². The molecule has 0 aromatic rings. The Labute approximate surface area is 91.8 Å². The molecular weight excluding hydrogens is 224 g/mol. The maximum absolute atomic E-state index is 6.12. The lowest BCUT2D eigenvalue weighted by Gasteiger charge is -2.36. The van der Waals surface area contributed by atoms with Gasteiger partial charge in [0.15, 0.2) is 16.6 Å². The zero-order chi connectivity index (χ0) is 11.6. The molecule has 0 heterocycles. The molecule has 0 saturated heterocycles. The van der Waals surface area contributed by atoms with Crippen LogP contribution >= 0.6 is 0 Å². The van der Waals surface area contributed by atoms with Crippen molar-refractivity contribution in [2.75, 3.05) is 0 Å². The Bertz CT molecular complexity index is 187. The van der Waals surface area contributed by atoms with Crippen LogP contribution in [-0.2, 0) is 8.23 Å². The molecule has 0 aliphatic heterocycles. The molecule has 84 valence electrons. The normalized spacial score (nSPS) is 14.2. The van der Waals surface area contributed by atoms with Gasteiger partial charge in [-0.05, 0) is 45.8 Å². The van der Waals surface area contributed by atoms with E-state index in [-0.39, 0.29) is 0 Å². The van der Waals surface area contributed by atoms with Crippen molar-refractivity contribution in [2.24, 2.45) is 0 Å². The summed E-state index contributed by atoms with van der Waals surface area (Å²) in [4.78, 5) is 0. The summed E-state index contributed by atoms with van der Waals surface area (Å²) in [5, 5.41) is 0. The standard InChI is InChI=1S/C9H24O2Si3/c1-9-14(8,10-12(2,3)4)11-13(5,6)7/h9H,1H2,2-8H3. The molecule has 0 N–H and O–H groups in total. The predicted octanol–water partition coefficient (Wildman–Crippen LogP) is 3.49. The summed E-state index contributed by atoms with van der Waals surface area (Å²) >= 11 is 0. The van der Waals surface area contributed by atoms with Crippen LogP contribution in [0.5, 0.6) is 0 Å². The molecule has 0 atom stereocenters. The van der Waals surface area contributed by atoms with Crippen LogP contribution < -0.4 is 0 Å². The first kappa shape index (κ1) is 14.3. The largest absolute Gasteiger partial charge is 0.434 e. The summed E-state index contributed by atoms with van der Waals surface area (Å²) in [6, 6.07) is 0. The molecule has 0 aromatic carbocycles. The lowest BCUT2D eigenvalue weighted by atomic mass is 11.3. The molecule has 0 bridgehead atoms. The maximum Gasteiger partial charge on any atom is 0.340 e. The van der Waals surface area contributed by atoms with Crippen molar-refractivity contribution >= 4 is 25.2 Å². The van der Waals surface area contributed by atoms with Crippen LogP contribution in [0.25, 0.3) is 0 Å². The quantitative estimate of drug-likeness (QED) is 0.694. The molecule has 0 amide bonds. The van der Waals surface area contributed by atoms with Crippen LogP contribution in [0.1, 0.15) is 0 Å². The number of hydrogen-bond donors (Lipinski definition) is 0. The Kier molecular flexibility index (Phi) is 4.54. The third-order valence-corrected chi connectivity index (χ3v) is 10.3. The average molecular weight is 249 g/mol. The van der Waals surface area contributed by atoms with Gasteiger partial charge >= 0.3 is 8.56 Å². The average Bonchev–Trinajstić information content (AvgIpc) is 1.78. The maximum atomic E-state index is 6.12. The SMILES string of the molecule is C=C[Si](C)(O[Si](C)(C)C)O[Si](C)(C)C. The van der Waals surface area contributed by atoms with Crippen molar-refractivity contribution < 1.29 is 8.23 Å². The van der Waals surface area contributed by atoms with E-state index in [2.05, 4.69) is 52.4 Å². The Morgan fingerprint density at radius 2 is 1.07 bits per heavy atom. The van der Waals surface area contributed by atoms with E-state index in [0.29, 0.717) is 0 Å². The van der Waals surface area contributed by atoms with Crippen molar-refractivity contribution in [1.29, 1.82) is 0 Å². The van der Waals surface area contributed by atoms with Gasteiger partial charge in [-0.2, -0.15) is 0 Å². The molecule has 2 nitrogen and oxygen atoms in total. The van der Waals surface area contributed by atoms with Gasteiger partial charge in [-0.15, -0.1) is 6.58 Å². The molecule has 0 rings (SSSR count). The van der Waals surface area contributed by atoms with E-state index in [4.69, 9.17) is 8.23 Å². The highest BCUT2D eigenvalue weighted by Crippen LogP contribution is 2.20. The third kappa shape index (κ3) is 6.72. The lowest BCUT2D eigenvalue weighted by Crippen LogP contribution is -2.51. The fourth-order valence-electron chi connectivity index (χ4n) is 1.32. The predicted molar refractivity (Wildman–Crippen MR) is 70.7 cm³/mol. The van der Waals surface area contributed by atoms with Crippen LogP contribution in [0, 0.1) is 0 Å². The molecule has 5 heteroatoms. The zero-order valence-electron chi connectivity index (χ0n) is 10.6. The highest BCUT2D eigenvalue weighted by Gasteiger charge is 2.37. The molecule has 0 aliphatic carbocycles. The smallest absolute Gasteiger partial charge is 0.340 e. The van der Waals surface area contributed by atoms with Crippen molar-refractivity contribution in [1.82, 2.24) is 0 Å². The number of hydrogen-bond acceptors (Lipinski definition) is 2. The fourth-order valence-corrected chi connectivity index (χ4v) is 12.3. The Balaban J connectivity index is 4.57. The highest BCUT2D eigenvalue weighted by molar-refractivity contribution is 6.89. The van der Waals surface area contributed by atoms with Crippen molar-refractivity contribution in [3.8, 4) is 0 Å². The minimum Gasteiger partial charge on any atom is -0.434 e. The Morgan fingerprint density at radius 3 is 1.21 bits per heavy atom. The summed E-state index contributed by atoms with van der Waals surface area (Å²) in [6.45, 7) is 19.1. The molecular formula is C9H24O2Si3. The molecule has 0 radical (unpaired) electrons. The molecule has 0 unspecified atom stereocenters. The monoisotopic (exact) mass is 248 g/mol. The number of rotatable bonds is 5. The first-order chi connectivity index (χ1) is 5.97. The minimum absolute atomic E-state index is 1.53.